The van der Waals surface area contributed by atoms with Crippen LogP contribution >= 0.6 is 15.9 Å². The Morgan fingerprint density at radius 2 is 1.83 bits per heavy atom. The first-order valence-electron chi connectivity index (χ1n) is 5.68. The van der Waals surface area contributed by atoms with Crippen LogP contribution in [0.5, 0.6) is 0 Å². The molecular weight excluding hydrogens is 292 g/mol. The van der Waals surface area contributed by atoms with Crippen LogP contribution in [0.15, 0.2) is 59.1 Å². The third-order valence-corrected chi connectivity index (χ3v) is 3.10. The molecule has 0 N–H and O–H groups in total. The highest BCUT2D eigenvalue weighted by Gasteiger charge is 2.13. The summed E-state index contributed by atoms with van der Waals surface area (Å²) in [7, 11) is 0. The fraction of sp³-hybridized carbons (Fsp3) is 0.133. The Kier molecular flexibility index (Phi) is 4.15. The highest BCUT2D eigenvalue weighted by molar-refractivity contribution is 9.10. The molecule has 0 spiro atoms. The summed E-state index contributed by atoms with van der Waals surface area (Å²) in [4.78, 5) is 11.9. The van der Waals surface area contributed by atoms with Gasteiger partial charge in [0.25, 0.3) is 0 Å². The van der Waals surface area contributed by atoms with Crippen molar-refractivity contribution in [3.8, 4) is 0 Å². The summed E-state index contributed by atoms with van der Waals surface area (Å²) in [6, 6.07) is 16.7. The maximum atomic E-state index is 11.9. The molecule has 3 heteroatoms. The molecule has 0 bridgehead atoms. The van der Waals surface area contributed by atoms with Gasteiger partial charge in [-0.1, -0.05) is 46.3 Å². The number of halogens is 1. The van der Waals surface area contributed by atoms with Gasteiger partial charge in [-0.2, -0.15) is 0 Å². The summed E-state index contributed by atoms with van der Waals surface area (Å²) in [5.41, 5.74) is 1.54. The van der Waals surface area contributed by atoms with Crippen molar-refractivity contribution in [2.45, 2.75) is 13.0 Å². The fourth-order valence-electron chi connectivity index (χ4n) is 1.63. The smallest absolute Gasteiger partial charge is 0.338 e. The van der Waals surface area contributed by atoms with Gasteiger partial charge in [0.15, 0.2) is 0 Å². The number of hydrogen-bond donors (Lipinski definition) is 0. The second-order valence-electron chi connectivity index (χ2n) is 3.97. The number of hydrogen-bond acceptors (Lipinski definition) is 2. The predicted octanol–water partition coefficient (Wildman–Crippen LogP) is 4.37. The minimum atomic E-state index is -0.303. The largest absolute Gasteiger partial charge is 0.454 e. The molecule has 0 aromatic heterocycles. The topological polar surface area (TPSA) is 26.3 Å². The molecule has 1 atom stereocenters. The summed E-state index contributed by atoms with van der Waals surface area (Å²) in [6.45, 7) is 1.86. The van der Waals surface area contributed by atoms with Gasteiger partial charge in [-0.05, 0) is 36.8 Å². The molecule has 0 aliphatic carbocycles. The first-order chi connectivity index (χ1) is 8.66. The Morgan fingerprint density at radius 3 is 2.50 bits per heavy atom. The summed E-state index contributed by atoms with van der Waals surface area (Å²) >= 11 is 3.40. The van der Waals surface area contributed by atoms with Gasteiger partial charge in [-0.25, -0.2) is 4.79 Å². The molecule has 0 aliphatic rings. The Bertz CT molecular complexity index is 537. The summed E-state index contributed by atoms with van der Waals surface area (Å²) in [5.74, 6) is -0.303. The van der Waals surface area contributed by atoms with Crippen LogP contribution in [0.25, 0.3) is 0 Å². The monoisotopic (exact) mass is 304 g/mol. The lowest BCUT2D eigenvalue weighted by molar-refractivity contribution is 0.0338. The lowest BCUT2D eigenvalue weighted by Crippen LogP contribution is -2.09. The number of carbonyl (C=O) groups is 1. The lowest BCUT2D eigenvalue weighted by atomic mass is 10.1. The zero-order valence-electron chi connectivity index (χ0n) is 9.97. The van der Waals surface area contributed by atoms with E-state index >= 15 is 0 Å². The normalized spacial score (nSPS) is 11.9. The van der Waals surface area contributed by atoms with Gasteiger partial charge in [0.1, 0.15) is 6.10 Å². The van der Waals surface area contributed by atoms with E-state index in [4.69, 9.17) is 4.74 Å². The summed E-state index contributed by atoms with van der Waals surface area (Å²) in [6.07, 6.45) is -0.268. The van der Waals surface area contributed by atoms with E-state index in [1.807, 2.05) is 49.4 Å². The molecule has 0 radical (unpaired) electrons. The average Bonchev–Trinajstić information content (AvgIpc) is 2.39. The van der Waals surface area contributed by atoms with E-state index in [9.17, 15) is 4.79 Å². The van der Waals surface area contributed by atoms with E-state index in [0.717, 1.165) is 10.0 Å². The lowest BCUT2D eigenvalue weighted by Gasteiger charge is -2.13. The molecule has 2 nitrogen and oxygen atoms in total. The maximum absolute atomic E-state index is 11.9. The Morgan fingerprint density at radius 1 is 1.11 bits per heavy atom. The van der Waals surface area contributed by atoms with Gasteiger partial charge < -0.3 is 4.74 Å². The van der Waals surface area contributed by atoms with Gasteiger partial charge in [-0.15, -0.1) is 0 Å². The minimum Gasteiger partial charge on any atom is -0.454 e. The number of carbonyl (C=O) groups excluding carboxylic acids is 1. The van der Waals surface area contributed by atoms with Gasteiger partial charge in [0, 0.05) is 4.47 Å². The number of ether oxygens (including phenoxy) is 1. The zero-order chi connectivity index (χ0) is 13.0. The second kappa shape index (κ2) is 5.83. The molecule has 0 fully saturated rings. The van der Waals surface area contributed by atoms with E-state index in [-0.39, 0.29) is 12.1 Å². The van der Waals surface area contributed by atoms with E-state index in [1.165, 1.54) is 0 Å². The molecule has 2 rings (SSSR count). The van der Waals surface area contributed by atoms with E-state index in [1.54, 1.807) is 12.1 Å². The van der Waals surface area contributed by atoms with Crippen molar-refractivity contribution in [1.82, 2.24) is 0 Å². The number of benzene rings is 2. The Hall–Kier alpha value is -1.61. The van der Waals surface area contributed by atoms with Crippen LogP contribution in [0.1, 0.15) is 28.9 Å². The van der Waals surface area contributed by atoms with Crippen molar-refractivity contribution in [3.63, 3.8) is 0 Å². The van der Waals surface area contributed by atoms with Crippen LogP contribution in [-0.4, -0.2) is 5.97 Å². The maximum Gasteiger partial charge on any atom is 0.338 e. The highest BCUT2D eigenvalue weighted by Crippen LogP contribution is 2.21. The zero-order valence-corrected chi connectivity index (χ0v) is 11.6. The molecular formula is C15H13BrO2. The third kappa shape index (κ3) is 3.20. The van der Waals surface area contributed by atoms with Crippen molar-refractivity contribution in [3.05, 3.63) is 70.2 Å². The third-order valence-electron chi connectivity index (χ3n) is 2.61. The van der Waals surface area contributed by atoms with Crippen LogP contribution < -0.4 is 0 Å². The van der Waals surface area contributed by atoms with Gasteiger partial charge in [-0.3, -0.25) is 0 Å². The van der Waals surface area contributed by atoms with Crippen LogP contribution in [0.2, 0.25) is 0 Å². The summed E-state index contributed by atoms with van der Waals surface area (Å²) < 4.78 is 6.39. The van der Waals surface area contributed by atoms with Crippen LogP contribution in [0.3, 0.4) is 0 Å². The molecule has 0 aliphatic heterocycles. The Balaban J connectivity index is 2.08. The first-order valence-corrected chi connectivity index (χ1v) is 6.47. The van der Waals surface area contributed by atoms with E-state index < -0.39 is 0 Å². The van der Waals surface area contributed by atoms with Gasteiger partial charge >= 0.3 is 5.97 Å². The molecule has 0 amide bonds. The average molecular weight is 305 g/mol. The van der Waals surface area contributed by atoms with Crippen molar-refractivity contribution in [1.29, 1.82) is 0 Å². The predicted molar refractivity (Wildman–Crippen MR) is 74.4 cm³/mol. The molecule has 92 valence electrons. The quantitative estimate of drug-likeness (QED) is 0.787. The molecule has 2 aromatic carbocycles. The Labute approximate surface area is 115 Å². The number of rotatable bonds is 3. The van der Waals surface area contributed by atoms with E-state index in [2.05, 4.69) is 15.9 Å². The number of esters is 1. The fourth-order valence-corrected chi connectivity index (χ4v) is 2.05. The molecule has 2 aromatic rings. The first kappa shape index (κ1) is 12.8. The standard InChI is InChI=1S/C15H13BrO2/c1-11(13-8-5-9-14(16)10-13)18-15(17)12-6-3-2-4-7-12/h2-11H,1H3. The molecule has 0 saturated carbocycles. The van der Waals surface area contributed by atoms with Crippen LogP contribution in [-0.2, 0) is 4.74 Å². The molecule has 1 unspecified atom stereocenters. The van der Waals surface area contributed by atoms with Crippen LogP contribution in [0, 0.1) is 0 Å². The van der Waals surface area contributed by atoms with Gasteiger partial charge in [0.2, 0.25) is 0 Å². The molecule has 0 heterocycles. The molecule has 0 saturated heterocycles. The van der Waals surface area contributed by atoms with Crippen molar-refractivity contribution < 1.29 is 9.53 Å². The summed E-state index contributed by atoms with van der Waals surface area (Å²) in [5, 5.41) is 0. The minimum absolute atomic E-state index is 0.268. The SMILES string of the molecule is CC(OC(=O)c1ccccc1)c1cccc(Br)c1. The van der Waals surface area contributed by atoms with E-state index in [0.29, 0.717) is 5.56 Å². The van der Waals surface area contributed by atoms with Crippen molar-refractivity contribution in [2.75, 3.05) is 0 Å². The van der Waals surface area contributed by atoms with Crippen molar-refractivity contribution >= 4 is 21.9 Å². The highest BCUT2D eigenvalue weighted by atomic mass is 79.9. The van der Waals surface area contributed by atoms with Gasteiger partial charge in [0.05, 0.1) is 5.56 Å². The molecule has 18 heavy (non-hydrogen) atoms. The second-order valence-corrected chi connectivity index (χ2v) is 4.88. The van der Waals surface area contributed by atoms with Crippen LogP contribution in [0.4, 0.5) is 0 Å². The van der Waals surface area contributed by atoms with Crippen molar-refractivity contribution in [2.24, 2.45) is 0 Å².